The van der Waals surface area contributed by atoms with Crippen LogP contribution < -0.4 is 5.32 Å². The number of carboxylic acid groups (broad SMARTS) is 1. The van der Waals surface area contributed by atoms with Crippen LogP contribution in [0.3, 0.4) is 0 Å². The van der Waals surface area contributed by atoms with Gasteiger partial charge in [-0.05, 0) is 30.5 Å². The summed E-state index contributed by atoms with van der Waals surface area (Å²) in [6.07, 6.45) is 3.12. The maximum absolute atomic E-state index is 13.5. The number of rotatable bonds is 3. The number of nitrogens with zero attached hydrogens (tertiary/aromatic N) is 1. The third kappa shape index (κ3) is 3.48. The van der Waals surface area contributed by atoms with E-state index < -0.39 is 35.7 Å². The van der Waals surface area contributed by atoms with E-state index in [1.807, 2.05) is 0 Å². The quantitative estimate of drug-likeness (QED) is 0.816. The molecule has 1 spiro atoms. The van der Waals surface area contributed by atoms with Crippen molar-refractivity contribution in [3.63, 3.8) is 0 Å². The zero-order valence-corrected chi connectivity index (χ0v) is 12.5. The monoisotopic (exact) mass is 332 g/mol. The van der Waals surface area contributed by atoms with E-state index in [0.717, 1.165) is 31.0 Å². The molecule has 1 heterocycles. The van der Waals surface area contributed by atoms with Gasteiger partial charge in [-0.3, -0.25) is 9.59 Å². The average Bonchev–Trinajstić information content (AvgIpc) is 2.92. The summed E-state index contributed by atoms with van der Waals surface area (Å²) in [7, 11) is 0. The predicted molar refractivity (Wildman–Crippen MR) is 84.8 cm³/mol. The second kappa shape index (κ2) is 7.22. The molecule has 1 aromatic rings. The molecule has 5 nitrogen and oxygen atoms in total. The molecule has 1 saturated carbocycles. The number of aliphatic carboxylic acids is 1. The Labute approximate surface area is 150 Å². The van der Waals surface area contributed by atoms with E-state index in [9.17, 15) is 18.4 Å². The number of benzene rings is 1. The van der Waals surface area contributed by atoms with Gasteiger partial charge >= 0.3 is 24.8 Å². The van der Waals surface area contributed by atoms with Gasteiger partial charge in [0.1, 0.15) is 18.2 Å². The second-order valence-corrected chi connectivity index (χ2v) is 6.22. The van der Waals surface area contributed by atoms with E-state index in [-0.39, 0.29) is 36.9 Å². The molecule has 1 aromatic carbocycles. The molecule has 1 aliphatic heterocycles. The summed E-state index contributed by atoms with van der Waals surface area (Å²) in [5.74, 6) is -2.93. The van der Waals surface area contributed by atoms with Crippen LogP contribution in [0.15, 0.2) is 18.2 Å². The third-order valence-electron chi connectivity index (χ3n) is 4.71. The minimum atomic E-state index is -1.14. The Hall–Kier alpha value is -1.42. The Kier molecular flexibility index (Phi) is 5.69. The van der Waals surface area contributed by atoms with Crippen LogP contribution in [0.25, 0.3) is 0 Å². The molecule has 2 aliphatic rings. The zero-order valence-electron chi connectivity index (χ0n) is 12.5. The fraction of sp³-hybridized carbons (Fsp3) is 0.500. The number of nitrogens with one attached hydrogen (secondary N) is 1. The molecule has 8 heteroatoms. The molecule has 0 aromatic heterocycles. The van der Waals surface area contributed by atoms with E-state index in [1.54, 1.807) is 0 Å². The molecule has 1 saturated heterocycles. The first-order valence-corrected chi connectivity index (χ1v) is 7.65. The van der Waals surface area contributed by atoms with E-state index in [1.165, 1.54) is 4.90 Å². The second-order valence-electron chi connectivity index (χ2n) is 6.22. The van der Waals surface area contributed by atoms with Crippen LogP contribution in [0, 0.1) is 11.6 Å². The number of amides is 1. The van der Waals surface area contributed by atoms with Crippen molar-refractivity contribution >= 4 is 30.7 Å². The molecule has 126 valence electrons. The molecule has 3 rings (SSSR count). The maximum atomic E-state index is 13.5. The number of carbonyl (C=O) groups excluding carboxylic acids is 1. The van der Waals surface area contributed by atoms with Crippen LogP contribution in [0.4, 0.5) is 8.78 Å². The summed E-state index contributed by atoms with van der Waals surface area (Å²) in [5, 5.41) is 12.3. The van der Waals surface area contributed by atoms with Gasteiger partial charge in [-0.1, -0.05) is 12.8 Å². The number of halogens is 2. The Morgan fingerprint density at radius 1 is 1.25 bits per heavy atom. The molecule has 1 aliphatic carbocycles. The van der Waals surface area contributed by atoms with Crippen LogP contribution >= 0.6 is 0 Å². The van der Waals surface area contributed by atoms with Crippen molar-refractivity contribution in [1.29, 1.82) is 0 Å². The molecule has 1 amide bonds. The number of carboxylic acids is 1. The first kappa shape index (κ1) is 18.9. The van der Waals surface area contributed by atoms with Gasteiger partial charge in [-0.25, -0.2) is 8.78 Å². The van der Waals surface area contributed by atoms with Crippen LogP contribution in [-0.4, -0.2) is 59.4 Å². The van der Waals surface area contributed by atoms with Crippen LogP contribution in [0.2, 0.25) is 0 Å². The number of hydrogen-bond acceptors (Lipinski definition) is 3. The van der Waals surface area contributed by atoms with Gasteiger partial charge in [0, 0.05) is 12.6 Å². The molecule has 2 N–H and O–H groups in total. The molecule has 0 radical (unpaired) electrons. The van der Waals surface area contributed by atoms with Crippen molar-refractivity contribution in [2.45, 2.75) is 37.3 Å². The number of piperazine rings is 1. The van der Waals surface area contributed by atoms with Crippen molar-refractivity contribution < 1.29 is 23.5 Å². The fourth-order valence-corrected chi connectivity index (χ4v) is 3.66. The van der Waals surface area contributed by atoms with Gasteiger partial charge in [-0.2, -0.15) is 0 Å². The molecular formula is C16H19F2LiN2O3. The summed E-state index contributed by atoms with van der Waals surface area (Å²) in [5.41, 5.74) is -0.463. The van der Waals surface area contributed by atoms with Gasteiger partial charge in [0.15, 0.2) is 0 Å². The van der Waals surface area contributed by atoms with Gasteiger partial charge in [0.25, 0.3) is 0 Å². The predicted octanol–water partition coefficient (Wildman–Crippen LogP) is 1.19. The van der Waals surface area contributed by atoms with Gasteiger partial charge in [0.2, 0.25) is 5.91 Å². The summed E-state index contributed by atoms with van der Waals surface area (Å²) in [4.78, 5) is 25.3. The van der Waals surface area contributed by atoms with Crippen molar-refractivity contribution in [2.24, 2.45) is 0 Å². The minimum absolute atomic E-state index is 0. The van der Waals surface area contributed by atoms with Gasteiger partial charge in [-0.15, -0.1) is 0 Å². The number of carbonyl (C=O) groups is 2. The van der Waals surface area contributed by atoms with Gasteiger partial charge < -0.3 is 15.3 Å². The van der Waals surface area contributed by atoms with E-state index in [2.05, 4.69) is 5.32 Å². The van der Waals surface area contributed by atoms with Crippen LogP contribution in [0.1, 0.15) is 37.3 Å². The summed E-state index contributed by atoms with van der Waals surface area (Å²) >= 11 is 0. The van der Waals surface area contributed by atoms with Crippen LogP contribution in [0.5, 0.6) is 0 Å². The first-order valence-electron chi connectivity index (χ1n) is 7.65. The standard InChI is InChI=1S/C16H18F2N2O3.Li.H/c17-11-5-10(6-12(18)7-11)13-8-19-16(3-1-2-4-16)15(23)20(13)9-14(21)22;;/h5-7,13,19H,1-4,8-9H2,(H,21,22);;. The van der Waals surface area contributed by atoms with E-state index >= 15 is 0 Å². The van der Waals surface area contributed by atoms with E-state index in [0.29, 0.717) is 12.8 Å². The Morgan fingerprint density at radius 2 is 1.83 bits per heavy atom. The average molecular weight is 332 g/mol. The third-order valence-corrected chi connectivity index (χ3v) is 4.71. The molecular weight excluding hydrogens is 313 g/mol. The fourth-order valence-electron chi connectivity index (χ4n) is 3.66. The Bertz CT molecular complexity index is 630. The molecule has 0 bridgehead atoms. The summed E-state index contributed by atoms with van der Waals surface area (Å²) < 4.78 is 27.0. The van der Waals surface area contributed by atoms with Gasteiger partial charge in [0.05, 0.1) is 11.6 Å². The molecule has 24 heavy (non-hydrogen) atoms. The molecule has 1 atom stereocenters. The van der Waals surface area contributed by atoms with Crippen molar-refractivity contribution in [2.75, 3.05) is 13.1 Å². The van der Waals surface area contributed by atoms with E-state index in [4.69, 9.17) is 5.11 Å². The first-order chi connectivity index (χ1) is 10.9. The molecule has 1 unspecified atom stereocenters. The summed E-state index contributed by atoms with van der Waals surface area (Å²) in [6, 6.07) is 2.34. The number of hydrogen-bond donors (Lipinski definition) is 2. The Morgan fingerprint density at radius 3 is 2.38 bits per heavy atom. The van der Waals surface area contributed by atoms with Crippen molar-refractivity contribution in [3.05, 3.63) is 35.4 Å². The normalized spacial score (nSPS) is 22.5. The van der Waals surface area contributed by atoms with Crippen molar-refractivity contribution in [3.8, 4) is 0 Å². The topological polar surface area (TPSA) is 69.6 Å². The SMILES string of the molecule is O=C(O)CN1C(=O)C2(CCCC2)NCC1c1cc(F)cc(F)c1.[LiH]. The zero-order chi connectivity index (χ0) is 16.6. The summed E-state index contributed by atoms with van der Waals surface area (Å²) in [6.45, 7) is -0.201. The van der Waals surface area contributed by atoms with Crippen molar-refractivity contribution in [1.82, 2.24) is 10.2 Å². The van der Waals surface area contributed by atoms with Crippen LogP contribution in [-0.2, 0) is 9.59 Å². The Balaban J connectivity index is 0.00000208. The molecule has 2 fully saturated rings.